The van der Waals surface area contributed by atoms with Crippen molar-refractivity contribution >= 4 is 33.2 Å². The molecule has 2 rings (SSSR count). The van der Waals surface area contributed by atoms with Crippen molar-refractivity contribution in [1.82, 2.24) is 4.98 Å². The van der Waals surface area contributed by atoms with Crippen LogP contribution in [0.25, 0.3) is 0 Å². The third-order valence-corrected chi connectivity index (χ3v) is 3.59. The molecule has 1 aromatic carbocycles. The molecule has 0 saturated heterocycles. The maximum absolute atomic E-state index is 12.6. The fourth-order valence-corrected chi connectivity index (χ4v) is 2.21. The summed E-state index contributed by atoms with van der Waals surface area (Å²) in [6, 6.07) is 6.93. The van der Waals surface area contributed by atoms with Crippen LogP contribution in [-0.2, 0) is 0 Å². The van der Waals surface area contributed by atoms with E-state index in [0.29, 0.717) is 27.2 Å². The molecule has 0 spiro atoms. The van der Waals surface area contributed by atoms with Gasteiger partial charge >= 0.3 is 0 Å². The van der Waals surface area contributed by atoms with Crippen LogP contribution >= 0.6 is 15.9 Å². The van der Waals surface area contributed by atoms with E-state index in [4.69, 9.17) is 10.5 Å². The first-order valence-corrected chi connectivity index (χ1v) is 6.65. The Morgan fingerprint density at radius 3 is 2.80 bits per heavy atom. The van der Waals surface area contributed by atoms with Crippen LogP contribution in [0.4, 0.5) is 11.4 Å². The SMILES string of the molecule is COc1ccc(Br)c(C(=O)N(C)c2ccncc2N)c1. The van der Waals surface area contributed by atoms with Gasteiger partial charge in [0.15, 0.2) is 0 Å². The van der Waals surface area contributed by atoms with Crippen LogP contribution in [-0.4, -0.2) is 25.0 Å². The average Bonchev–Trinajstić information content (AvgIpc) is 2.47. The maximum atomic E-state index is 12.6. The Balaban J connectivity index is 2.39. The van der Waals surface area contributed by atoms with Crippen LogP contribution in [0.3, 0.4) is 0 Å². The van der Waals surface area contributed by atoms with Crippen molar-refractivity contribution < 1.29 is 9.53 Å². The number of carbonyl (C=O) groups excluding carboxylic acids is 1. The van der Waals surface area contributed by atoms with Gasteiger partial charge in [-0.1, -0.05) is 0 Å². The van der Waals surface area contributed by atoms with E-state index in [-0.39, 0.29) is 5.91 Å². The monoisotopic (exact) mass is 335 g/mol. The summed E-state index contributed by atoms with van der Waals surface area (Å²) in [4.78, 5) is 17.9. The Morgan fingerprint density at radius 1 is 1.40 bits per heavy atom. The van der Waals surface area contributed by atoms with E-state index < -0.39 is 0 Å². The standard InChI is InChI=1S/C14H14BrN3O2/c1-18(13-5-6-17-8-12(13)16)14(19)10-7-9(20-2)3-4-11(10)15/h3-8H,16H2,1-2H3. The molecule has 0 atom stereocenters. The van der Waals surface area contributed by atoms with Gasteiger partial charge in [0, 0.05) is 17.7 Å². The van der Waals surface area contributed by atoms with E-state index in [9.17, 15) is 4.79 Å². The Hall–Kier alpha value is -2.08. The molecule has 0 bridgehead atoms. The van der Waals surface area contributed by atoms with Crippen molar-refractivity contribution in [3.63, 3.8) is 0 Å². The van der Waals surface area contributed by atoms with Gasteiger partial charge in [0.05, 0.1) is 30.2 Å². The number of nitrogens with two attached hydrogens (primary N) is 1. The summed E-state index contributed by atoms with van der Waals surface area (Å²) in [5.41, 5.74) is 7.40. The summed E-state index contributed by atoms with van der Waals surface area (Å²) in [6.07, 6.45) is 3.11. The lowest BCUT2D eigenvalue weighted by Crippen LogP contribution is -2.27. The minimum Gasteiger partial charge on any atom is -0.497 e. The molecule has 6 heteroatoms. The van der Waals surface area contributed by atoms with E-state index in [1.54, 1.807) is 44.6 Å². The summed E-state index contributed by atoms with van der Waals surface area (Å²) in [5, 5.41) is 0. The van der Waals surface area contributed by atoms with Gasteiger partial charge in [-0.3, -0.25) is 9.78 Å². The molecule has 0 aliphatic heterocycles. The number of methoxy groups -OCH3 is 1. The second-order valence-corrected chi connectivity index (χ2v) is 5.00. The molecule has 0 aliphatic carbocycles. The number of anilines is 2. The van der Waals surface area contributed by atoms with Crippen LogP contribution in [0.15, 0.2) is 41.1 Å². The van der Waals surface area contributed by atoms with E-state index >= 15 is 0 Å². The molecular weight excluding hydrogens is 322 g/mol. The maximum Gasteiger partial charge on any atom is 0.259 e. The van der Waals surface area contributed by atoms with E-state index in [1.807, 2.05) is 0 Å². The Bertz CT molecular complexity index is 646. The third-order valence-electron chi connectivity index (χ3n) is 2.90. The number of carbonyl (C=O) groups is 1. The number of nitrogen functional groups attached to an aromatic ring is 1. The molecule has 0 saturated carbocycles. The van der Waals surface area contributed by atoms with Crippen molar-refractivity contribution in [2.75, 3.05) is 24.8 Å². The summed E-state index contributed by atoms with van der Waals surface area (Å²) in [7, 11) is 3.22. The minimum absolute atomic E-state index is 0.186. The molecule has 0 unspecified atom stereocenters. The quantitative estimate of drug-likeness (QED) is 0.936. The van der Waals surface area contributed by atoms with Gasteiger partial charge in [0.1, 0.15) is 5.75 Å². The number of benzene rings is 1. The Labute approximate surface area is 125 Å². The van der Waals surface area contributed by atoms with Gasteiger partial charge in [-0.05, 0) is 40.2 Å². The first-order chi connectivity index (χ1) is 9.54. The molecule has 20 heavy (non-hydrogen) atoms. The van der Waals surface area contributed by atoms with Crippen LogP contribution in [0.5, 0.6) is 5.75 Å². The lowest BCUT2D eigenvalue weighted by atomic mass is 10.1. The third kappa shape index (κ3) is 2.75. The van der Waals surface area contributed by atoms with Crippen LogP contribution < -0.4 is 15.4 Å². The number of hydrogen-bond donors (Lipinski definition) is 1. The van der Waals surface area contributed by atoms with E-state index in [1.165, 1.54) is 11.1 Å². The van der Waals surface area contributed by atoms with E-state index in [0.717, 1.165) is 0 Å². The number of aromatic nitrogens is 1. The second kappa shape index (κ2) is 5.92. The molecule has 2 N–H and O–H groups in total. The highest BCUT2D eigenvalue weighted by Crippen LogP contribution is 2.27. The molecule has 2 aromatic rings. The van der Waals surface area contributed by atoms with Crippen molar-refractivity contribution in [2.45, 2.75) is 0 Å². The zero-order valence-corrected chi connectivity index (χ0v) is 12.7. The smallest absolute Gasteiger partial charge is 0.259 e. The number of hydrogen-bond acceptors (Lipinski definition) is 4. The fourth-order valence-electron chi connectivity index (χ4n) is 1.79. The minimum atomic E-state index is -0.186. The lowest BCUT2D eigenvalue weighted by Gasteiger charge is -2.19. The van der Waals surface area contributed by atoms with Crippen molar-refractivity contribution in [3.8, 4) is 5.75 Å². The lowest BCUT2D eigenvalue weighted by molar-refractivity contribution is 0.0992. The highest BCUT2D eigenvalue weighted by molar-refractivity contribution is 9.10. The van der Waals surface area contributed by atoms with Crippen molar-refractivity contribution in [2.24, 2.45) is 0 Å². The van der Waals surface area contributed by atoms with E-state index in [2.05, 4.69) is 20.9 Å². The largest absolute Gasteiger partial charge is 0.497 e. The van der Waals surface area contributed by atoms with Gasteiger partial charge in [-0.2, -0.15) is 0 Å². The molecule has 0 radical (unpaired) electrons. The van der Waals surface area contributed by atoms with Crippen LogP contribution in [0, 0.1) is 0 Å². The molecule has 5 nitrogen and oxygen atoms in total. The van der Waals surface area contributed by atoms with Crippen LogP contribution in [0.2, 0.25) is 0 Å². The number of pyridine rings is 1. The normalized spacial score (nSPS) is 10.2. The predicted molar refractivity (Wildman–Crippen MR) is 82.1 cm³/mol. The number of halogens is 1. The number of ether oxygens (including phenoxy) is 1. The van der Waals surface area contributed by atoms with Crippen molar-refractivity contribution in [3.05, 3.63) is 46.7 Å². The molecule has 0 fully saturated rings. The molecule has 104 valence electrons. The summed E-state index contributed by atoms with van der Waals surface area (Å²) in [6.45, 7) is 0. The average molecular weight is 336 g/mol. The Morgan fingerprint density at radius 2 is 2.15 bits per heavy atom. The molecular formula is C14H14BrN3O2. The predicted octanol–water partition coefficient (Wildman–Crippen LogP) is 2.71. The molecule has 1 amide bonds. The summed E-state index contributed by atoms with van der Waals surface area (Å²) < 4.78 is 5.84. The zero-order chi connectivity index (χ0) is 14.7. The topological polar surface area (TPSA) is 68.5 Å². The molecule has 1 aromatic heterocycles. The first-order valence-electron chi connectivity index (χ1n) is 5.85. The second-order valence-electron chi connectivity index (χ2n) is 4.14. The molecule has 0 aliphatic rings. The summed E-state index contributed by atoms with van der Waals surface area (Å²) >= 11 is 3.37. The number of rotatable bonds is 3. The highest BCUT2D eigenvalue weighted by atomic mass is 79.9. The number of nitrogens with zero attached hydrogens (tertiary/aromatic N) is 2. The van der Waals surface area contributed by atoms with Crippen molar-refractivity contribution in [1.29, 1.82) is 0 Å². The van der Waals surface area contributed by atoms with Gasteiger partial charge in [-0.25, -0.2) is 0 Å². The zero-order valence-electron chi connectivity index (χ0n) is 11.1. The summed E-state index contributed by atoms with van der Waals surface area (Å²) in [5.74, 6) is 0.432. The van der Waals surface area contributed by atoms with Gasteiger partial charge < -0.3 is 15.4 Å². The van der Waals surface area contributed by atoms with Crippen LogP contribution in [0.1, 0.15) is 10.4 Å². The highest BCUT2D eigenvalue weighted by Gasteiger charge is 2.18. The van der Waals surface area contributed by atoms with Gasteiger partial charge in [-0.15, -0.1) is 0 Å². The molecule has 1 heterocycles. The fraction of sp³-hybridized carbons (Fsp3) is 0.143. The van der Waals surface area contributed by atoms with Gasteiger partial charge in [0.2, 0.25) is 0 Å². The first kappa shape index (κ1) is 14.3. The van der Waals surface area contributed by atoms with Gasteiger partial charge in [0.25, 0.3) is 5.91 Å². The Kier molecular flexibility index (Phi) is 4.24. The number of amides is 1.